The minimum atomic E-state index is -0.0731. The molecule has 0 bridgehead atoms. The van der Waals surface area contributed by atoms with Gasteiger partial charge < -0.3 is 10.1 Å². The van der Waals surface area contributed by atoms with Gasteiger partial charge in [-0.1, -0.05) is 42.5 Å². The third-order valence-corrected chi connectivity index (χ3v) is 5.22. The summed E-state index contributed by atoms with van der Waals surface area (Å²) in [6, 6.07) is 18.2. The fraction of sp³-hybridized carbons (Fsp3) is 0.350. The number of rotatable bonds is 8. The minimum absolute atomic E-state index is 0.0731. The van der Waals surface area contributed by atoms with Crippen molar-refractivity contribution in [1.82, 2.24) is 5.32 Å². The maximum absolute atomic E-state index is 12.2. The molecule has 0 spiro atoms. The van der Waals surface area contributed by atoms with E-state index in [4.69, 9.17) is 4.74 Å². The third-order valence-electron chi connectivity index (χ3n) is 3.92. The molecule has 0 aliphatic rings. The number of ether oxygens (including phenoxy) is 1. The first-order chi connectivity index (χ1) is 11.6. The molecule has 1 amide bonds. The van der Waals surface area contributed by atoms with E-state index in [2.05, 4.69) is 24.4 Å². The molecule has 24 heavy (non-hydrogen) atoms. The van der Waals surface area contributed by atoms with E-state index in [-0.39, 0.29) is 11.2 Å². The van der Waals surface area contributed by atoms with Crippen molar-refractivity contribution in [2.75, 3.05) is 13.7 Å². The highest BCUT2D eigenvalue weighted by Crippen LogP contribution is 2.31. The van der Waals surface area contributed by atoms with Crippen LogP contribution in [0.5, 0.6) is 5.75 Å². The quantitative estimate of drug-likeness (QED) is 0.779. The summed E-state index contributed by atoms with van der Waals surface area (Å²) in [5.41, 5.74) is 2.44. The fourth-order valence-corrected chi connectivity index (χ4v) is 3.57. The van der Waals surface area contributed by atoms with E-state index >= 15 is 0 Å². The van der Waals surface area contributed by atoms with Crippen molar-refractivity contribution in [3.63, 3.8) is 0 Å². The van der Waals surface area contributed by atoms with E-state index in [0.717, 1.165) is 12.2 Å². The molecule has 0 saturated carbocycles. The van der Waals surface area contributed by atoms with E-state index in [9.17, 15) is 4.79 Å². The number of methoxy groups -OCH3 is 1. The van der Waals surface area contributed by atoms with Gasteiger partial charge in [0.15, 0.2) is 0 Å². The molecule has 0 heterocycles. The van der Waals surface area contributed by atoms with Crippen LogP contribution >= 0.6 is 11.8 Å². The Morgan fingerprint density at radius 1 is 1.08 bits per heavy atom. The Kier molecular flexibility index (Phi) is 7.19. The Morgan fingerprint density at radius 3 is 2.38 bits per heavy atom. The van der Waals surface area contributed by atoms with Gasteiger partial charge in [-0.25, -0.2) is 0 Å². The molecule has 0 radical (unpaired) electrons. The van der Waals surface area contributed by atoms with E-state index in [1.807, 2.05) is 49.4 Å². The van der Waals surface area contributed by atoms with Gasteiger partial charge in [0.05, 0.1) is 12.4 Å². The summed E-state index contributed by atoms with van der Waals surface area (Å²) in [6.07, 6.45) is 0.821. The lowest BCUT2D eigenvalue weighted by molar-refractivity contribution is -0.120. The highest BCUT2D eigenvalue weighted by Gasteiger charge is 2.17. The number of thioether (sulfide) groups is 1. The number of amides is 1. The average Bonchev–Trinajstić information content (AvgIpc) is 2.62. The van der Waals surface area contributed by atoms with Crippen molar-refractivity contribution in [2.24, 2.45) is 0 Å². The fourth-order valence-electron chi connectivity index (χ4n) is 2.44. The molecule has 2 unspecified atom stereocenters. The molecule has 2 aromatic rings. The Balaban J connectivity index is 1.75. The molecule has 2 aromatic carbocycles. The molecule has 4 heteroatoms. The van der Waals surface area contributed by atoms with Crippen molar-refractivity contribution in [2.45, 2.75) is 30.8 Å². The van der Waals surface area contributed by atoms with Crippen molar-refractivity contribution >= 4 is 17.7 Å². The van der Waals surface area contributed by atoms with Crippen molar-refractivity contribution in [3.05, 3.63) is 65.7 Å². The number of benzene rings is 2. The number of carbonyl (C=O) groups excluding carboxylic acids is 1. The van der Waals surface area contributed by atoms with Crippen LogP contribution in [-0.4, -0.2) is 24.8 Å². The molecule has 0 aliphatic carbocycles. The van der Waals surface area contributed by atoms with E-state index in [0.29, 0.717) is 11.8 Å². The maximum atomic E-state index is 12.2. The normalized spacial score (nSPS) is 13.1. The molecule has 2 atom stereocenters. The third kappa shape index (κ3) is 5.60. The van der Waals surface area contributed by atoms with Gasteiger partial charge in [0, 0.05) is 11.8 Å². The van der Waals surface area contributed by atoms with Gasteiger partial charge in [0.1, 0.15) is 5.75 Å². The lowest BCUT2D eigenvalue weighted by atomic mass is 10.1. The van der Waals surface area contributed by atoms with Crippen LogP contribution in [0.15, 0.2) is 54.6 Å². The molecule has 0 saturated heterocycles. The monoisotopic (exact) mass is 343 g/mol. The van der Waals surface area contributed by atoms with Crippen LogP contribution in [0, 0.1) is 0 Å². The predicted octanol–water partition coefficient (Wildman–Crippen LogP) is 4.24. The first-order valence-corrected chi connectivity index (χ1v) is 9.15. The van der Waals surface area contributed by atoms with Crippen LogP contribution in [0.1, 0.15) is 30.2 Å². The molecular weight excluding hydrogens is 318 g/mol. The largest absolute Gasteiger partial charge is 0.497 e. The molecular formula is C20H25NO2S. The second kappa shape index (κ2) is 9.38. The molecule has 128 valence electrons. The Labute approximate surface area is 148 Å². The van der Waals surface area contributed by atoms with E-state index in [1.54, 1.807) is 18.9 Å². The Hall–Kier alpha value is -1.94. The molecule has 3 nitrogen and oxygen atoms in total. The first kappa shape index (κ1) is 18.4. The van der Waals surface area contributed by atoms with Gasteiger partial charge >= 0.3 is 0 Å². The highest BCUT2D eigenvalue weighted by molar-refractivity contribution is 8.00. The first-order valence-electron chi connectivity index (χ1n) is 8.21. The Bertz CT molecular complexity index is 628. The molecule has 0 aliphatic heterocycles. The lowest BCUT2D eigenvalue weighted by Gasteiger charge is -2.17. The molecule has 0 aromatic heterocycles. The van der Waals surface area contributed by atoms with Crippen molar-refractivity contribution < 1.29 is 9.53 Å². The van der Waals surface area contributed by atoms with Crippen molar-refractivity contribution in [1.29, 1.82) is 0 Å². The Morgan fingerprint density at radius 2 is 1.75 bits per heavy atom. The SMILES string of the molecule is COc1ccc(CCNC(=O)C(C)SC(C)c2ccccc2)cc1. The minimum Gasteiger partial charge on any atom is -0.497 e. The maximum Gasteiger partial charge on any atom is 0.232 e. The summed E-state index contributed by atoms with van der Waals surface area (Å²) >= 11 is 1.68. The standard InChI is InChI=1S/C20H25NO2S/c1-15(18-7-5-4-6-8-18)24-16(2)20(22)21-14-13-17-9-11-19(23-3)12-10-17/h4-12,15-16H,13-14H2,1-3H3,(H,21,22). The summed E-state index contributed by atoms with van der Waals surface area (Å²) in [5, 5.41) is 3.25. The van der Waals surface area contributed by atoms with Crippen molar-refractivity contribution in [3.8, 4) is 5.75 Å². The summed E-state index contributed by atoms with van der Waals surface area (Å²) in [7, 11) is 1.66. The van der Waals surface area contributed by atoms with Crippen LogP contribution in [0.4, 0.5) is 0 Å². The lowest BCUT2D eigenvalue weighted by Crippen LogP contribution is -2.32. The average molecular weight is 343 g/mol. The van der Waals surface area contributed by atoms with Gasteiger partial charge in [0.2, 0.25) is 5.91 Å². The van der Waals surface area contributed by atoms with Crippen LogP contribution in [0.3, 0.4) is 0 Å². The summed E-state index contributed by atoms with van der Waals surface area (Å²) in [4.78, 5) is 12.2. The van der Waals surface area contributed by atoms with Gasteiger partial charge in [0.25, 0.3) is 0 Å². The van der Waals surface area contributed by atoms with E-state index < -0.39 is 0 Å². The van der Waals surface area contributed by atoms with E-state index in [1.165, 1.54) is 11.1 Å². The zero-order chi connectivity index (χ0) is 17.4. The van der Waals surface area contributed by atoms with Gasteiger partial charge in [-0.05, 0) is 43.5 Å². The number of hydrogen-bond donors (Lipinski definition) is 1. The second-order valence-corrected chi connectivity index (χ2v) is 7.41. The summed E-state index contributed by atoms with van der Waals surface area (Å²) in [5.74, 6) is 0.944. The van der Waals surface area contributed by atoms with Crippen LogP contribution in [0.25, 0.3) is 0 Å². The summed E-state index contributed by atoms with van der Waals surface area (Å²) < 4.78 is 5.14. The van der Waals surface area contributed by atoms with Gasteiger partial charge in [-0.2, -0.15) is 0 Å². The van der Waals surface area contributed by atoms with Crippen LogP contribution in [0.2, 0.25) is 0 Å². The van der Waals surface area contributed by atoms with Gasteiger partial charge in [-0.15, -0.1) is 11.8 Å². The second-order valence-electron chi connectivity index (χ2n) is 5.72. The topological polar surface area (TPSA) is 38.3 Å². The zero-order valence-corrected chi connectivity index (χ0v) is 15.3. The number of hydrogen-bond acceptors (Lipinski definition) is 3. The molecule has 0 fully saturated rings. The summed E-state index contributed by atoms with van der Waals surface area (Å²) in [6.45, 7) is 4.75. The highest BCUT2D eigenvalue weighted by atomic mass is 32.2. The smallest absolute Gasteiger partial charge is 0.232 e. The van der Waals surface area contributed by atoms with Crippen LogP contribution in [-0.2, 0) is 11.2 Å². The molecule has 1 N–H and O–H groups in total. The number of nitrogens with one attached hydrogen (secondary N) is 1. The van der Waals surface area contributed by atoms with Gasteiger partial charge in [-0.3, -0.25) is 4.79 Å². The van der Waals surface area contributed by atoms with Crippen LogP contribution < -0.4 is 10.1 Å². The number of carbonyl (C=O) groups is 1. The predicted molar refractivity (Wildman–Crippen MR) is 102 cm³/mol. The molecule has 2 rings (SSSR count). The zero-order valence-electron chi connectivity index (χ0n) is 14.5.